The molecule has 0 unspecified atom stereocenters. The molecule has 2 N–H and O–H groups in total. The predicted octanol–water partition coefficient (Wildman–Crippen LogP) is 5.51. The summed E-state index contributed by atoms with van der Waals surface area (Å²) in [6.07, 6.45) is 6.27. The van der Waals surface area contributed by atoms with Crippen LogP contribution in [-0.2, 0) is 22.6 Å². The summed E-state index contributed by atoms with van der Waals surface area (Å²) in [5.41, 5.74) is -2.47. The predicted molar refractivity (Wildman–Crippen MR) is 165 cm³/mol. The molecule has 11 heteroatoms. The van der Waals surface area contributed by atoms with Crippen molar-refractivity contribution in [1.29, 1.82) is 0 Å². The number of ether oxygens (including phenoxy) is 1. The van der Waals surface area contributed by atoms with E-state index < -0.39 is 28.5 Å². The lowest BCUT2D eigenvalue weighted by atomic mass is 9.73. The van der Waals surface area contributed by atoms with Crippen LogP contribution < -0.4 is 0 Å². The molecule has 1 aromatic heterocycles. The maximum Gasteiger partial charge on any atom is 0.257 e. The van der Waals surface area contributed by atoms with Crippen molar-refractivity contribution in [2.45, 2.75) is 56.9 Å². The SMILES string of the molecule is CC[C@@](O)(c1cc(F)c2c(c1)C(=O)N(Cc1ncc(Cl)cn1)[C@@]2(OCC1(CO)CC1)c1ccc(Cl)cc1)C1CCN(C)CC1. The number of amides is 1. The van der Waals surface area contributed by atoms with Crippen LogP contribution in [-0.4, -0.2) is 69.2 Å². The Morgan fingerprint density at radius 3 is 2.34 bits per heavy atom. The lowest BCUT2D eigenvalue weighted by Crippen LogP contribution is -2.48. The Labute approximate surface area is 266 Å². The summed E-state index contributed by atoms with van der Waals surface area (Å²) < 4.78 is 23.6. The van der Waals surface area contributed by atoms with Gasteiger partial charge in [0.2, 0.25) is 0 Å². The summed E-state index contributed by atoms with van der Waals surface area (Å²) in [5.74, 6) is -0.940. The second-order valence-corrected chi connectivity index (χ2v) is 13.4. The normalized spacial score (nSPS) is 23.1. The van der Waals surface area contributed by atoms with Gasteiger partial charge in [-0.05, 0) is 88.0 Å². The van der Waals surface area contributed by atoms with Crippen molar-refractivity contribution in [2.24, 2.45) is 11.3 Å². The third-order valence-corrected chi connectivity index (χ3v) is 10.3. The van der Waals surface area contributed by atoms with E-state index in [2.05, 4.69) is 14.9 Å². The monoisotopic (exact) mass is 642 g/mol. The summed E-state index contributed by atoms with van der Waals surface area (Å²) in [6, 6.07) is 9.77. The van der Waals surface area contributed by atoms with Crippen LogP contribution >= 0.6 is 23.2 Å². The topological polar surface area (TPSA) is 99.0 Å². The number of fused-ring (bicyclic) bond motifs is 1. The molecule has 3 aliphatic rings. The van der Waals surface area contributed by atoms with Gasteiger partial charge in [0.15, 0.2) is 5.72 Å². The van der Waals surface area contributed by atoms with Gasteiger partial charge in [0.1, 0.15) is 11.6 Å². The van der Waals surface area contributed by atoms with Gasteiger partial charge in [-0.2, -0.15) is 0 Å². The number of rotatable bonds is 10. The molecule has 2 aromatic carbocycles. The molecule has 1 aliphatic carbocycles. The smallest absolute Gasteiger partial charge is 0.257 e. The third-order valence-electron chi connectivity index (χ3n) is 9.81. The molecule has 1 saturated carbocycles. The standard InChI is InChI=1S/C33H37Cl2FN4O4/c1-3-32(43,21-8-12-39(2)13-9-21)23-14-26-29(27(36)15-23)33(22-4-6-24(34)7-5-22,44-20-31(19-41)10-11-31)40(30(26)42)18-28-37-16-25(35)17-38-28/h4-7,14-17,21,41,43H,3,8-13,18-20H2,1-2H3/t32-,33+/m0/s1. The fourth-order valence-corrected chi connectivity index (χ4v) is 6.97. The molecule has 44 heavy (non-hydrogen) atoms. The Hall–Kier alpha value is -2.66. The van der Waals surface area contributed by atoms with E-state index in [0.717, 1.165) is 38.8 Å². The van der Waals surface area contributed by atoms with Gasteiger partial charge >= 0.3 is 0 Å². The van der Waals surface area contributed by atoms with Crippen LogP contribution in [0, 0.1) is 17.2 Å². The molecular weight excluding hydrogens is 606 g/mol. The molecule has 8 nitrogen and oxygen atoms in total. The average molecular weight is 644 g/mol. The molecule has 234 valence electrons. The Morgan fingerprint density at radius 1 is 1.09 bits per heavy atom. The van der Waals surface area contributed by atoms with E-state index in [9.17, 15) is 15.0 Å². The maximum atomic E-state index is 16.9. The minimum absolute atomic E-state index is 0.0538. The Kier molecular flexibility index (Phi) is 8.49. The molecule has 3 heterocycles. The molecule has 2 atom stereocenters. The van der Waals surface area contributed by atoms with E-state index in [1.165, 1.54) is 23.4 Å². The van der Waals surface area contributed by atoms with Crippen molar-refractivity contribution < 1.29 is 24.1 Å². The number of aromatic nitrogens is 2. The van der Waals surface area contributed by atoms with Crippen molar-refractivity contribution in [1.82, 2.24) is 19.8 Å². The van der Waals surface area contributed by atoms with E-state index in [0.29, 0.717) is 27.6 Å². The summed E-state index contributed by atoms with van der Waals surface area (Å²) in [5, 5.41) is 23.0. The molecule has 0 spiro atoms. The first-order valence-electron chi connectivity index (χ1n) is 15.1. The van der Waals surface area contributed by atoms with Gasteiger partial charge in [0.25, 0.3) is 5.91 Å². The van der Waals surface area contributed by atoms with Gasteiger partial charge in [-0.15, -0.1) is 0 Å². The maximum absolute atomic E-state index is 16.9. The van der Waals surface area contributed by atoms with Crippen LogP contribution in [0.25, 0.3) is 0 Å². The molecule has 3 aromatic rings. The van der Waals surface area contributed by atoms with Gasteiger partial charge < -0.3 is 19.8 Å². The van der Waals surface area contributed by atoms with E-state index in [1.54, 1.807) is 30.3 Å². The first-order valence-corrected chi connectivity index (χ1v) is 15.9. The number of nitrogens with zero attached hydrogens (tertiary/aromatic N) is 4. The second-order valence-electron chi connectivity index (χ2n) is 12.5. The lowest BCUT2D eigenvalue weighted by Gasteiger charge is -2.41. The molecule has 2 fully saturated rings. The zero-order valence-electron chi connectivity index (χ0n) is 24.9. The number of aliphatic hydroxyl groups is 2. The molecular formula is C33H37Cl2FN4O4. The highest BCUT2D eigenvalue weighted by Crippen LogP contribution is 2.53. The highest BCUT2D eigenvalue weighted by molar-refractivity contribution is 6.30. The molecule has 0 radical (unpaired) electrons. The first-order chi connectivity index (χ1) is 21.0. The fraction of sp³-hybridized carbons (Fsp3) is 0.485. The van der Waals surface area contributed by atoms with Crippen LogP contribution in [0.15, 0.2) is 48.8 Å². The largest absolute Gasteiger partial charge is 0.396 e. The van der Waals surface area contributed by atoms with Gasteiger partial charge in [0.05, 0.1) is 41.5 Å². The van der Waals surface area contributed by atoms with Gasteiger partial charge in [0, 0.05) is 28.4 Å². The Morgan fingerprint density at radius 2 is 1.75 bits per heavy atom. The first kappa shape index (κ1) is 31.3. The van der Waals surface area contributed by atoms with Crippen LogP contribution in [0.2, 0.25) is 10.0 Å². The number of benzene rings is 2. The highest BCUT2D eigenvalue weighted by Gasteiger charge is 2.57. The zero-order chi connectivity index (χ0) is 31.3. The van der Waals surface area contributed by atoms with Crippen molar-refractivity contribution >= 4 is 29.1 Å². The highest BCUT2D eigenvalue weighted by atomic mass is 35.5. The number of aliphatic hydroxyl groups excluding tert-OH is 1. The van der Waals surface area contributed by atoms with Crippen molar-refractivity contribution in [2.75, 3.05) is 33.4 Å². The number of hydrogen-bond donors (Lipinski definition) is 2. The number of halogens is 3. The molecule has 0 bridgehead atoms. The van der Waals surface area contributed by atoms with Crippen molar-refractivity contribution in [3.05, 3.63) is 92.7 Å². The number of carbonyl (C=O) groups is 1. The number of piperidine rings is 1. The second kappa shape index (κ2) is 11.9. The Balaban J connectivity index is 1.53. The van der Waals surface area contributed by atoms with Gasteiger partial charge in [-0.3, -0.25) is 9.69 Å². The summed E-state index contributed by atoms with van der Waals surface area (Å²) in [4.78, 5) is 26.8. The van der Waals surface area contributed by atoms with Gasteiger partial charge in [-0.25, -0.2) is 14.4 Å². The molecule has 6 rings (SSSR count). The minimum atomic E-state index is -1.72. The van der Waals surface area contributed by atoms with E-state index in [1.807, 2.05) is 14.0 Å². The Bertz CT molecular complexity index is 1530. The fourth-order valence-electron chi connectivity index (χ4n) is 6.74. The van der Waals surface area contributed by atoms with Crippen molar-refractivity contribution in [3.8, 4) is 0 Å². The summed E-state index contributed by atoms with van der Waals surface area (Å²) in [6.45, 7) is 3.43. The molecule has 2 aliphatic heterocycles. The van der Waals surface area contributed by atoms with Crippen LogP contribution in [0.4, 0.5) is 4.39 Å². The van der Waals surface area contributed by atoms with Gasteiger partial charge in [-0.1, -0.05) is 42.3 Å². The van der Waals surface area contributed by atoms with E-state index in [-0.39, 0.29) is 42.6 Å². The van der Waals surface area contributed by atoms with Crippen molar-refractivity contribution in [3.63, 3.8) is 0 Å². The van der Waals surface area contributed by atoms with Crippen LogP contribution in [0.5, 0.6) is 0 Å². The lowest BCUT2D eigenvalue weighted by molar-refractivity contribution is -0.131. The summed E-state index contributed by atoms with van der Waals surface area (Å²) in [7, 11) is 2.05. The minimum Gasteiger partial charge on any atom is -0.396 e. The third kappa shape index (κ3) is 5.42. The number of hydrogen-bond acceptors (Lipinski definition) is 7. The average Bonchev–Trinajstić information content (AvgIpc) is 3.78. The quantitative estimate of drug-likeness (QED) is 0.301. The zero-order valence-corrected chi connectivity index (χ0v) is 26.4. The van der Waals surface area contributed by atoms with Crippen LogP contribution in [0.3, 0.4) is 0 Å². The van der Waals surface area contributed by atoms with E-state index >= 15 is 4.39 Å². The number of carbonyl (C=O) groups excluding carboxylic acids is 1. The van der Waals surface area contributed by atoms with Crippen LogP contribution in [0.1, 0.15) is 71.9 Å². The number of likely N-dealkylation sites (tertiary alicyclic amines) is 1. The molecule has 1 amide bonds. The van der Waals surface area contributed by atoms with E-state index in [4.69, 9.17) is 27.9 Å². The summed E-state index contributed by atoms with van der Waals surface area (Å²) >= 11 is 12.3. The molecule has 1 saturated heterocycles.